The first-order chi connectivity index (χ1) is 15.7. The minimum absolute atomic E-state index is 0.394. The molecule has 1 aliphatic rings. The molecule has 1 aliphatic carbocycles. The molecule has 0 radical (unpaired) electrons. The molecule has 0 spiro atoms. The average Bonchev–Trinajstić information content (AvgIpc) is 3.18. The lowest BCUT2D eigenvalue weighted by Gasteiger charge is -2.20. The summed E-state index contributed by atoms with van der Waals surface area (Å²) in [6.07, 6.45) is -1.18. The van der Waals surface area contributed by atoms with Crippen LogP contribution < -0.4 is 4.74 Å². The topological polar surface area (TPSA) is 52.6 Å². The maximum atomic E-state index is 13.5. The van der Waals surface area contributed by atoms with E-state index in [0.717, 1.165) is 22.3 Å². The van der Waals surface area contributed by atoms with Crippen LogP contribution in [0.1, 0.15) is 28.7 Å². The summed E-state index contributed by atoms with van der Waals surface area (Å²) in [6.45, 7) is 0. The van der Waals surface area contributed by atoms with Crippen LogP contribution in [-0.4, -0.2) is 11.9 Å². The van der Waals surface area contributed by atoms with E-state index in [-0.39, 0.29) is 0 Å². The maximum Gasteiger partial charge on any atom is 0.357 e. The monoisotopic (exact) mass is 420 g/mol. The highest BCUT2D eigenvalue weighted by Crippen LogP contribution is 2.45. The van der Waals surface area contributed by atoms with Gasteiger partial charge < -0.3 is 9.47 Å². The summed E-state index contributed by atoms with van der Waals surface area (Å²) in [5.41, 5.74) is 4.33. The molecule has 0 amide bonds. The molecule has 0 saturated heterocycles. The van der Waals surface area contributed by atoms with Crippen molar-refractivity contribution in [3.05, 3.63) is 126 Å². The summed E-state index contributed by atoms with van der Waals surface area (Å²) in [7, 11) is 0. The van der Waals surface area contributed by atoms with E-state index in [1.54, 1.807) is 48.5 Å². The second kappa shape index (κ2) is 8.52. The molecule has 1 unspecified atom stereocenters. The third-order valence-electron chi connectivity index (χ3n) is 5.58. The third kappa shape index (κ3) is 3.67. The first-order valence-electron chi connectivity index (χ1n) is 10.4. The molecule has 0 bridgehead atoms. The summed E-state index contributed by atoms with van der Waals surface area (Å²) in [4.78, 5) is 26.5. The van der Waals surface area contributed by atoms with E-state index in [2.05, 4.69) is 0 Å². The van der Waals surface area contributed by atoms with Crippen molar-refractivity contribution in [1.29, 1.82) is 0 Å². The molecule has 0 fully saturated rings. The third-order valence-corrected chi connectivity index (χ3v) is 5.58. The molecule has 5 rings (SSSR count). The number of ether oxygens (including phenoxy) is 2. The number of hydrogen-bond acceptors (Lipinski definition) is 4. The highest BCUT2D eigenvalue weighted by Gasteiger charge is 2.37. The van der Waals surface area contributed by atoms with Gasteiger partial charge in [-0.05, 0) is 34.4 Å². The zero-order chi connectivity index (χ0) is 21.9. The van der Waals surface area contributed by atoms with Crippen LogP contribution in [0.5, 0.6) is 5.75 Å². The Morgan fingerprint density at radius 3 is 1.72 bits per heavy atom. The normalized spacial score (nSPS) is 13.0. The summed E-state index contributed by atoms with van der Waals surface area (Å²) in [5, 5.41) is 0. The fourth-order valence-corrected chi connectivity index (χ4v) is 4.13. The van der Waals surface area contributed by atoms with Crippen molar-refractivity contribution in [2.45, 2.75) is 12.0 Å². The SMILES string of the molecule is O=C(Oc1ccccc1)C(OC(=O)C1c2ccccc2-c2ccccc21)c1ccccc1. The van der Waals surface area contributed by atoms with Crippen molar-refractivity contribution in [2.75, 3.05) is 0 Å². The number of rotatable bonds is 5. The van der Waals surface area contributed by atoms with Gasteiger partial charge in [-0.1, -0.05) is 97.1 Å². The van der Waals surface area contributed by atoms with Crippen LogP contribution in [0.15, 0.2) is 109 Å². The standard InChI is InChI=1S/C28H20O4/c29-27(25-23-17-9-7-15-21(23)22-16-8-10-18-24(22)25)32-26(19-11-3-1-4-12-19)28(30)31-20-13-5-2-6-14-20/h1-18,25-26H. The number of hydrogen-bond donors (Lipinski definition) is 0. The Morgan fingerprint density at radius 2 is 1.12 bits per heavy atom. The van der Waals surface area contributed by atoms with Crippen molar-refractivity contribution in [1.82, 2.24) is 0 Å². The number of benzene rings is 4. The molecule has 4 aromatic rings. The molecule has 1 atom stereocenters. The Balaban J connectivity index is 1.48. The Morgan fingerprint density at radius 1 is 0.625 bits per heavy atom. The van der Waals surface area contributed by atoms with Crippen LogP contribution in [0.4, 0.5) is 0 Å². The molecular formula is C28H20O4. The van der Waals surface area contributed by atoms with Gasteiger partial charge in [0.15, 0.2) is 0 Å². The second-order valence-electron chi connectivity index (χ2n) is 7.57. The lowest BCUT2D eigenvalue weighted by molar-refractivity contribution is -0.163. The summed E-state index contributed by atoms with van der Waals surface area (Å²) in [5.74, 6) is -1.33. The highest BCUT2D eigenvalue weighted by molar-refractivity contribution is 5.94. The van der Waals surface area contributed by atoms with Gasteiger partial charge in [0.05, 0.1) is 0 Å². The van der Waals surface area contributed by atoms with Crippen LogP contribution in [0.3, 0.4) is 0 Å². The number of carbonyl (C=O) groups is 2. The summed E-state index contributed by atoms with van der Waals surface area (Å²) in [6, 6.07) is 33.3. The fraction of sp³-hybridized carbons (Fsp3) is 0.0714. The smallest absolute Gasteiger partial charge is 0.357 e. The van der Waals surface area contributed by atoms with Gasteiger partial charge in [-0.2, -0.15) is 0 Å². The minimum atomic E-state index is -1.18. The van der Waals surface area contributed by atoms with Gasteiger partial charge in [-0.15, -0.1) is 0 Å². The molecular weight excluding hydrogens is 400 g/mol. The van der Waals surface area contributed by atoms with Crippen LogP contribution in [-0.2, 0) is 14.3 Å². The molecule has 156 valence electrons. The van der Waals surface area contributed by atoms with E-state index in [4.69, 9.17) is 9.47 Å². The van der Waals surface area contributed by atoms with Crippen molar-refractivity contribution >= 4 is 11.9 Å². The van der Waals surface area contributed by atoms with E-state index in [0.29, 0.717) is 11.3 Å². The van der Waals surface area contributed by atoms with E-state index >= 15 is 0 Å². The number of carbonyl (C=O) groups excluding carboxylic acids is 2. The predicted molar refractivity (Wildman–Crippen MR) is 121 cm³/mol. The van der Waals surface area contributed by atoms with Crippen LogP contribution in [0.25, 0.3) is 11.1 Å². The zero-order valence-corrected chi connectivity index (χ0v) is 17.2. The number of esters is 2. The molecule has 0 heterocycles. The van der Waals surface area contributed by atoms with Crippen LogP contribution in [0.2, 0.25) is 0 Å². The van der Waals surface area contributed by atoms with Crippen molar-refractivity contribution in [3.63, 3.8) is 0 Å². The number of fused-ring (bicyclic) bond motifs is 3. The van der Waals surface area contributed by atoms with Crippen molar-refractivity contribution in [3.8, 4) is 16.9 Å². The predicted octanol–water partition coefficient (Wildman–Crippen LogP) is 5.69. The van der Waals surface area contributed by atoms with E-state index in [1.807, 2.05) is 60.7 Å². The van der Waals surface area contributed by atoms with Crippen LogP contribution in [0, 0.1) is 0 Å². The maximum absolute atomic E-state index is 13.5. The summed E-state index contributed by atoms with van der Waals surface area (Å²) < 4.78 is 11.4. The lowest BCUT2D eigenvalue weighted by Crippen LogP contribution is -2.26. The van der Waals surface area contributed by atoms with Gasteiger partial charge in [0.1, 0.15) is 11.7 Å². The van der Waals surface area contributed by atoms with Gasteiger partial charge in [-0.25, -0.2) is 4.79 Å². The number of para-hydroxylation sites is 1. The second-order valence-corrected chi connectivity index (χ2v) is 7.57. The van der Waals surface area contributed by atoms with E-state index in [9.17, 15) is 9.59 Å². The Hall–Kier alpha value is -4.18. The molecule has 4 nitrogen and oxygen atoms in total. The van der Waals surface area contributed by atoms with Crippen LogP contribution >= 0.6 is 0 Å². The molecule has 4 aromatic carbocycles. The van der Waals surface area contributed by atoms with Gasteiger partial charge in [0.2, 0.25) is 6.10 Å². The van der Waals surface area contributed by atoms with Crippen molar-refractivity contribution < 1.29 is 19.1 Å². The molecule has 0 saturated carbocycles. The van der Waals surface area contributed by atoms with Gasteiger partial charge in [-0.3, -0.25) is 4.79 Å². The highest BCUT2D eigenvalue weighted by atomic mass is 16.6. The van der Waals surface area contributed by atoms with Crippen molar-refractivity contribution in [2.24, 2.45) is 0 Å². The molecule has 32 heavy (non-hydrogen) atoms. The Kier molecular flexibility index (Phi) is 5.26. The summed E-state index contributed by atoms with van der Waals surface area (Å²) >= 11 is 0. The first-order valence-corrected chi connectivity index (χ1v) is 10.4. The van der Waals surface area contributed by atoms with E-state index in [1.165, 1.54) is 0 Å². The first kappa shape index (κ1) is 19.8. The molecule has 4 heteroatoms. The van der Waals surface area contributed by atoms with Gasteiger partial charge in [0, 0.05) is 5.56 Å². The zero-order valence-electron chi connectivity index (χ0n) is 17.2. The largest absolute Gasteiger partial charge is 0.445 e. The Labute approximate surface area is 186 Å². The average molecular weight is 420 g/mol. The van der Waals surface area contributed by atoms with E-state index < -0.39 is 24.0 Å². The Bertz CT molecular complexity index is 1220. The fourth-order valence-electron chi connectivity index (χ4n) is 4.13. The molecule has 0 aliphatic heterocycles. The minimum Gasteiger partial charge on any atom is -0.445 e. The lowest BCUT2D eigenvalue weighted by atomic mass is 9.97. The molecule has 0 aromatic heterocycles. The van der Waals surface area contributed by atoms with Gasteiger partial charge >= 0.3 is 11.9 Å². The van der Waals surface area contributed by atoms with Gasteiger partial charge in [0.25, 0.3) is 0 Å². The quantitative estimate of drug-likeness (QED) is 0.307. The molecule has 0 N–H and O–H groups in total.